The van der Waals surface area contributed by atoms with Crippen LogP contribution < -0.4 is 0 Å². The zero-order valence-corrected chi connectivity index (χ0v) is 9.77. The predicted molar refractivity (Wildman–Crippen MR) is 66.1 cm³/mol. The summed E-state index contributed by atoms with van der Waals surface area (Å²) in [6.07, 6.45) is 1.59. The molecule has 0 aliphatic heterocycles. The molecule has 0 bridgehead atoms. The van der Waals surface area contributed by atoms with Gasteiger partial charge in [-0.15, -0.1) is 0 Å². The summed E-state index contributed by atoms with van der Waals surface area (Å²) in [6.45, 7) is 4.11. The average Bonchev–Trinajstić information content (AvgIpc) is 2.33. The Kier molecular flexibility index (Phi) is 2.91. The standard InChI is InChI=1S/C14H13NO2/c1-9-3-4-11(7-10(9)2)12-5-6-13(14(16)17)15-8-12/h3-8H,1-2H3,(H,16,17). The van der Waals surface area contributed by atoms with E-state index in [1.165, 1.54) is 17.2 Å². The number of hydrogen-bond donors (Lipinski definition) is 1. The number of hydrogen-bond acceptors (Lipinski definition) is 2. The van der Waals surface area contributed by atoms with Crippen LogP contribution in [0, 0.1) is 13.8 Å². The van der Waals surface area contributed by atoms with E-state index in [1.807, 2.05) is 6.07 Å². The van der Waals surface area contributed by atoms with Gasteiger partial charge in [-0.1, -0.05) is 24.3 Å². The summed E-state index contributed by atoms with van der Waals surface area (Å²) in [5.74, 6) is -1.00. The molecule has 1 N–H and O–H groups in total. The molecule has 0 radical (unpaired) electrons. The molecule has 1 aromatic heterocycles. The van der Waals surface area contributed by atoms with Crippen molar-refractivity contribution in [2.24, 2.45) is 0 Å². The lowest BCUT2D eigenvalue weighted by molar-refractivity contribution is 0.0690. The van der Waals surface area contributed by atoms with Crippen molar-refractivity contribution in [3.8, 4) is 11.1 Å². The highest BCUT2D eigenvalue weighted by molar-refractivity contribution is 5.85. The number of benzene rings is 1. The van der Waals surface area contributed by atoms with Crippen LogP contribution in [-0.2, 0) is 0 Å². The quantitative estimate of drug-likeness (QED) is 0.857. The van der Waals surface area contributed by atoms with Crippen LogP contribution in [-0.4, -0.2) is 16.1 Å². The molecule has 0 aliphatic carbocycles. The highest BCUT2D eigenvalue weighted by Crippen LogP contribution is 2.21. The normalized spacial score (nSPS) is 10.2. The Labute approximate surface area is 99.8 Å². The van der Waals surface area contributed by atoms with Crippen molar-refractivity contribution in [3.05, 3.63) is 53.3 Å². The summed E-state index contributed by atoms with van der Waals surface area (Å²) in [4.78, 5) is 14.6. The van der Waals surface area contributed by atoms with E-state index in [0.717, 1.165) is 11.1 Å². The SMILES string of the molecule is Cc1ccc(-c2ccc(C(=O)O)nc2)cc1C. The van der Waals surface area contributed by atoms with Crippen molar-refractivity contribution >= 4 is 5.97 Å². The number of aromatic nitrogens is 1. The minimum atomic E-state index is -1.00. The molecule has 2 rings (SSSR count). The molecule has 0 unspecified atom stereocenters. The van der Waals surface area contributed by atoms with Crippen molar-refractivity contribution in [1.29, 1.82) is 0 Å². The number of aryl methyl sites for hydroxylation is 2. The van der Waals surface area contributed by atoms with E-state index in [0.29, 0.717) is 0 Å². The first-order valence-corrected chi connectivity index (χ1v) is 5.35. The van der Waals surface area contributed by atoms with Crippen LogP contribution in [0.1, 0.15) is 21.6 Å². The zero-order chi connectivity index (χ0) is 12.4. The molecule has 0 saturated carbocycles. The molecule has 2 aromatic rings. The van der Waals surface area contributed by atoms with Gasteiger partial charge >= 0.3 is 5.97 Å². The monoisotopic (exact) mass is 227 g/mol. The molecule has 0 saturated heterocycles. The fourth-order valence-electron chi connectivity index (χ4n) is 1.61. The molecule has 86 valence electrons. The summed E-state index contributed by atoms with van der Waals surface area (Å²) in [5, 5.41) is 8.76. The molecular weight excluding hydrogens is 214 g/mol. The third kappa shape index (κ3) is 2.33. The van der Waals surface area contributed by atoms with E-state index in [9.17, 15) is 4.79 Å². The first-order chi connectivity index (χ1) is 8.08. The minimum Gasteiger partial charge on any atom is -0.477 e. The lowest BCUT2D eigenvalue weighted by Crippen LogP contribution is -1.99. The number of rotatable bonds is 2. The van der Waals surface area contributed by atoms with E-state index in [4.69, 9.17) is 5.11 Å². The average molecular weight is 227 g/mol. The number of carbonyl (C=O) groups is 1. The Morgan fingerprint density at radius 1 is 1.06 bits per heavy atom. The highest BCUT2D eigenvalue weighted by Gasteiger charge is 2.05. The molecule has 17 heavy (non-hydrogen) atoms. The van der Waals surface area contributed by atoms with Crippen LogP contribution >= 0.6 is 0 Å². The maximum absolute atomic E-state index is 10.7. The van der Waals surface area contributed by atoms with E-state index in [1.54, 1.807) is 12.3 Å². The Bertz CT molecular complexity index is 559. The van der Waals surface area contributed by atoms with Crippen LogP contribution in [0.4, 0.5) is 0 Å². The number of carboxylic acids is 1. The van der Waals surface area contributed by atoms with Crippen molar-refractivity contribution in [3.63, 3.8) is 0 Å². The molecule has 0 atom stereocenters. The largest absolute Gasteiger partial charge is 0.477 e. The third-order valence-electron chi connectivity index (χ3n) is 2.82. The zero-order valence-electron chi connectivity index (χ0n) is 9.77. The van der Waals surface area contributed by atoms with Gasteiger partial charge in [-0.25, -0.2) is 9.78 Å². The second kappa shape index (κ2) is 4.37. The summed E-state index contributed by atoms with van der Waals surface area (Å²) < 4.78 is 0. The van der Waals surface area contributed by atoms with Gasteiger partial charge in [0.15, 0.2) is 0 Å². The Balaban J connectivity index is 2.39. The Hall–Kier alpha value is -2.16. The van der Waals surface area contributed by atoms with Gasteiger partial charge in [0.05, 0.1) is 0 Å². The van der Waals surface area contributed by atoms with Crippen LogP contribution in [0.25, 0.3) is 11.1 Å². The summed E-state index contributed by atoms with van der Waals surface area (Å²) in [7, 11) is 0. The van der Waals surface area contributed by atoms with Crippen molar-refractivity contribution in [2.45, 2.75) is 13.8 Å². The lowest BCUT2D eigenvalue weighted by atomic mass is 10.0. The van der Waals surface area contributed by atoms with E-state index in [2.05, 4.69) is 31.0 Å². The summed E-state index contributed by atoms with van der Waals surface area (Å²) >= 11 is 0. The van der Waals surface area contributed by atoms with Crippen molar-refractivity contribution < 1.29 is 9.90 Å². The maximum Gasteiger partial charge on any atom is 0.354 e. The molecule has 1 heterocycles. The van der Waals surface area contributed by atoms with Crippen LogP contribution in [0.15, 0.2) is 36.5 Å². The Morgan fingerprint density at radius 3 is 2.29 bits per heavy atom. The Morgan fingerprint density at radius 2 is 1.76 bits per heavy atom. The van der Waals surface area contributed by atoms with Crippen LogP contribution in [0.2, 0.25) is 0 Å². The molecule has 3 heteroatoms. The van der Waals surface area contributed by atoms with Gasteiger partial charge in [0.2, 0.25) is 0 Å². The van der Waals surface area contributed by atoms with Crippen LogP contribution in [0.3, 0.4) is 0 Å². The lowest BCUT2D eigenvalue weighted by Gasteiger charge is -2.05. The number of pyridine rings is 1. The first kappa shape index (κ1) is 11.3. The smallest absolute Gasteiger partial charge is 0.354 e. The molecule has 0 amide bonds. The first-order valence-electron chi connectivity index (χ1n) is 5.35. The number of nitrogens with zero attached hydrogens (tertiary/aromatic N) is 1. The molecule has 1 aromatic carbocycles. The van der Waals surface area contributed by atoms with Crippen molar-refractivity contribution in [2.75, 3.05) is 0 Å². The van der Waals surface area contributed by atoms with Gasteiger partial charge in [0.1, 0.15) is 5.69 Å². The predicted octanol–water partition coefficient (Wildman–Crippen LogP) is 3.06. The van der Waals surface area contributed by atoms with Crippen LogP contribution in [0.5, 0.6) is 0 Å². The van der Waals surface area contributed by atoms with Crippen molar-refractivity contribution in [1.82, 2.24) is 4.98 Å². The van der Waals surface area contributed by atoms with E-state index in [-0.39, 0.29) is 5.69 Å². The van der Waals surface area contributed by atoms with Gasteiger partial charge in [-0.3, -0.25) is 0 Å². The summed E-state index contributed by atoms with van der Waals surface area (Å²) in [5.41, 5.74) is 4.50. The van der Waals surface area contributed by atoms with Gasteiger partial charge in [0, 0.05) is 11.8 Å². The third-order valence-corrected chi connectivity index (χ3v) is 2.82. The van der Waals surface area contributed by atoms with E-state index >= 15 is 0 Å². The maximum atomic E-state index is 10.7. The van der Waals surface area contributed by atoms with Gasteiger partial charge in [-0.05, 0) is 36.6 Å². The molecule has 3 nitrogen and oxygen atoms in total. The number of carboxylic acid groups (broad SMARTS) is 1. The summed E-state index contributed by atoms with van der Waals surface area (Å²) in [6, 6.07) is 9.44. The van der Waals surface area contributed by atoms with Gasteiger partial charge in [-0.2, -0.15) is 0 Å². The second-order valence-corrected chi connectivity index (χ2v) is 4.04. The molecule has 0 spiro atoms. The van der Waals surface area contributed by atoms with Gasteiger partial charge in [0.25, 0.3) is 0 Å². The van der Waals surface area contributed by atoms with E-state index < -0.39 is 5.97 Å². The van der Waals surface area contributed by atoms with Gasteiger partial charge < -0.3 is 5.11 Å². The topological polar surface area (TPSA) is 50.2 Å². The highest BCUT2D eigenvalue weighted by atomic mass is 16.4. The second-order valence-electron chi connectivity index (χ2n) is 4.04. The minimum absolute atomic E-state index is 0.0672. The number of aromatic carboxylic acids is 1. The molecular formula is C14H13NO2. The fraction of sp³-hybridized carbons (Fsp3) is 0.143. The molecule has 0 aliphatic rings. The fourth-order valence-corrected chi connectivity index (χ4v) is 1.61. The molecule has 0 fully saturated rings.